The van der Waals surface area contributed by atoms with Gasteiger partial charge in [0.25, 0.3) is 5.91 Å². The highest BCUT2D eigenvalue weighted by Crippen LogP contribution is 2.25. The summed E-state index contributed by atoms with van der Waals surface area (Å²) >= 11 is 6.01. The Bertz CT molecular complexity index is 1000. The molecule has 11 heteroatoms. The van der Waals surface area contributed by atoms with Crippen LogP contribution >= 0.6 is 11.6 Å². The molecule has 0 aromatic heterocycles. The van der Waals surface area contributed by atoms with E-state index in [2.05, 4.69) is 30.9 Å². The number of guanidine groups is 1. The van der Waals surface area contributed by atoms with Crippen molar-refractivity contribution in [1.29, 1.82) is 0 Å². The van der Waals surface area contributed by atoms with E-state index in [0.29, 0.717) is 10.6 Å². The first-order chi connectivity index (χ1) is 14.4. The van der Waals surface area contributed by atoms with Gasteiger partial charge in [0.2, 0.25) is 11.9 Å². The van der Waals surface area contributed by atoms with Gasteiger partial charge in [-0.25, -0.2) is 10.4 Å². The van der Waals surface area contributed by atoms with Gasteiger partial charge in [0.15, 0.2) is 0 Å². The molecular formula is C19H16ClF2N5O3. The molecule has 0 spiro atoms. The maximum absolute atomic E-state index is 12.5. The van der Waals surface area contributed by atoms with Crippen molar-refractivity contribution in [3.05, 3.63) is 59.1 Å². The fourth-order valence-electron chi connectivity index (χ4n) is 2.53. The molecule has 0 aliphatic carbocycles. The van der Waals surface area contributed by atoms with Gasteiger partial charge in [0.05, 0.1) is 18.3 Å². The number of benzene rings is 2. The first-order valence-corrected chi connectivity index (χ1v) is 9.06. The van der Waals surface area contributed by atoms with Gasteiger partial charge in [-0.05, 0) is 18.2 Å². The highest BCUT2D eigenvalue weighted by atomic mass is 35.5. The van der Waals surface area contributed by atoms with E-state index in [-0.39, 0.29) is 23.8 Å². The van der Waals surface area contributed by atoms with Crippen molar-refractivity contribution < 1.29 is 23.1 Å². The summed E-state index contributed by atoms with van der Waals surface area (Å²) in [6, 6.07) is 11.8. The molecule has 156 valence electrons. The summed E-state index contributed by atoms with van der Waals surface area (Å²) in [5.74, 6) is -1.21. The molecule has 0 saturated heterocycles. The number of ether oxygens (including phenoxy) is 1. The molecule has 1 aliphatic rings. The van der Waals surface area contributed by atoms with Crippen LogP contribution in [0.3, 0.4) is 0 Å². The molecule has 1 aliphatic heterocycles. The summed E-state index contributed by atoms with van der Waals surface area (Å²) in [5, 5.41) is 9.35. The third-order valence-corrected chi connectivity index (χ3v) is 4.21. The van der Waals surface area contributed by atoms with Crippen LogP contribution in [-0.2, 0) is 9.59 Å². The van der Waals surface area contributed by atoms with E-state index in [1.54, 1.807) is 30.3 Å². The highest BCUT2D eigenvalue weighted by Gasteiger charge is 2.28. The second kappa shape index (κ2) is 9.79. The number of aliphatic imine (C=N–C) groups is 1. The van der Waals surface area contributed by atoms with Crippen LogP contribution in [0.1, 0.15) is 12.0 Å². The summed E-state index contributed by atoms with van der Waals surface area (Å²) in [4.78, 5) is 28.3. The number of halogens is 3. The minimum absolute atomic E-state index is 0.0628. The Morgan fingerprint density at radius 1 is 1.27 bits per heavy atom. The lowest BCUT2D eigenvalue weighted by atomic mass is 10.2. The molecule has 2 aromatic carbocycles. The predicted molar refractivity (Wildman–Crippen MR) is 108 cm³/mol. The lowest BCUT2D eigenvalue weighted by molar-refractivity contribution is -0.123. The summed E-state index contributed by atoms with van der Waals surface area (Å²) in [5.41, 5.74) is 3.29. The fraction of sp³-hybridized carbons (Fsp3) is 0.158. The number of alkyl halides is 2. The summed E-state index contributed by atoms with van der Waals surface area (Å²) in [6.45, 7) is -3.03. The average Bonchev–Trinajstić information content (AvgIpc) is 3.03. The second-order valence-electron chi connectivity index (χ2n) is 6.00. The summed E-state index contributed by atoms with van der Waals surface area (Å²) in [7, 11) is 0. The first-order valence-electron chi connectivity index (χ1n) is 8.68. The standard InChI is InChI=1S/C19H16ClF2N5O3/c20-12-6-2-1-5-11(12)10-23-27-19-25-14(17(29)26-19)9-16(28)24-13-7-3-4-8-15(13)30-18(21)22/h1-8,10,14,18H,9H2,(H,24,28)(H2,25,26,27,29)/b23-10+. The zero-order valence-electron chi connectivity index (χ0n) is 15.3. The highest BCUT2D eigenvalue weighted by molar-refractivity contribution is 6.33. The third kappa shape index (κ3) is 5.74. The lowest BCUT2D eigenvalue weighted by Crippen LogP contribution is -2.35. The zero-order chi connectivity index (χ0) is 21.5. The predicted octanol–water partition coefficient (Wildman–Crippen LogP) is 2.75. The molecule has 0 radical (unpaired) electrons. The van der Waals surface area contributed by atoms with Crippen molar-refractivity contribution in [3.63, 3.8) is 0 Å². The Kier molecular flexibility index (Phi) is 6.91. The van der Waals surface area contributed by atoms with Crippen molar-refractivity contribution in [2.45, 2.75) is 19.1 Å². The molecule has 1 atom stereocenters. The van der Waals surface area contributed by atoms with Gasteiger partial charge in [0, 0.05) is 10.6 Å². The fourth-order valence-corrected chi connectivity index (χ4v) is 2.71. The van der Waals surface area contributed by atoms with E-state index in [9.17, 15) is 18.4 Å². The van der Waals surface area contributed by atoms with Gasteiger partial charge < -0.3 is 10.1 Å². The number of nitrogens with zero attached hydrogens (tertiary/aromatic N) is 2. The molecule has 0 bridgehead atoms. The van der Waals surface area contributed by atoms with E-state index in [1.165, 1.54) is 24.4 Å². The normalized spacial score (nSPS) is 15.8. The molecule has 2 aromatic rings. The van der Waals surface area contributed by atoms with E-state index >= 15 is 0 Å². The number of carbonyl (C=O) groups excluding carboxylic acids is 2. The van der Waals surface area contributed by atoms with E-state index in [1.807, 2.05) is 0 Å². The van der Waals surface area contributed by atoms with Crippen LogP contribution in [0.25, 0.3) is 0 Å². The molecule has 0 saturated carbocycles. The molecule has 2 amide bonds. The lowest BCUT2D eigenvalue weighted by Gasteiger charge is -2.12. The van der Waals surface area contributed by atoms with Crippen molar-refractivity contribution in [3.8, 4) is 5.75 Å². The van der Waals surface area contributed by atoms with E-state index in [4.69, 9.17) is 11.6 Å². The molecule has 3 N–H and O–H groups in total. The number of anilines is 1. The molecule has 8 nitrogen and oxygen atoms in total. The number of nitrogens with one attached hydrogen (secondary N) is 3. The first kappa shape index (κ1) is 21.2. The molecular weight excluding hydrogens is 420 g/mol. The van der Waals surface area contributed by atoms with Crippen molar-refractivity contribution >= 4 is 41.3 Å². The monoisotopic (exact) mass is 435 g/mol. The van der Waals surface area contributed by atoms with E-state index < -0.39 is 24.5 Å². The quantitative estimate of drug-likeness (QED) is 0.459. The number of para-hydroxylation sites is 2. The molecule has 1 heterocycles. The van der Waals surface area contributed by atoms with Gasteiger partial charge in [-0.2, -0.15) is 13.9 Å². The number of amides is 2. The number of hydrogen-bond donors (Lipinski definition) is 3. The van der Waals surface area contributed by atoms with Gasteiger partial charge in [-0.3, -0.25) is 14.9 Å². The topological polar surface area (TPSA) is 104 Å². The minimum Gasteiger partial charge on any atom is -0.433 e. The van der Waals surface area contributed by atoms with Crippen LogP contribution in [0, 0.1) is 0 Å². The maximum atomic E-state index is 12.5. The van der Waals surface area contributed by atoms with Crippen LogP contribution in [0.4, 0.5) is 14.5 Å². The summed E-state index contributed by atoms with van der Waals surface area (Å²) < 4.78 is 29.3. The van der Waals surface area contributed by atoms with E-state index in [0.717, 1.165) is 0 Å². The van der Waals surface area contributed by atoms with Crippen LogP contribution in [0.15, 0.2) is 58.6 Å². The van der Waals surface area contributed by atoms with Crippen LogP contribution in [0.2, 0.25) is 5.02 Å². The Morgan fingerprint density at radius 2 is 2.00 bits per heavy atom. The maximum Gasteiger partial charge on any atom is 0.387 e. The molecule has 1 unspecified atom stereocenters. The van der Waals surface area contributed by atoms with Gasteiger partial charge in [0.1, 0.15) is 11.8 Å². The Balaban J connectivity index is 1.58. The summed E-state index contributed by atoms with van der Waals surface area (Å²) in [6.07, 6.45) is 1.16. The van der Waals surface area contributed by atoms with Gasteiger partial charge >= 0.3 is 6.61 Å². The number of hydrogen-bond acceptors (Lipinski definition) is 6. The number of carbonyl (C=O) groups is 2. The third-order valence-electron chi connectivity index (χ3n) is 3.86. The number of rotatable bonds is 7. The smallest absolute Gasteiger partial charge is 0.387 e. The van der Waals surface area contributed by atoms with Crippen LogP contribution in [0.5, 0.6) is 5.75 Å². The number of hydrazone groups is 1. The minimum atomic E-state index is -3.03. The largest absolute Gasteiger partial charge is 0.433 e. The molecule has 3 rings (SSSR count). The van der Waals surface area contributed by atoms with Crippen molar-refractivity contribution in [2.75, 3.05) is 5.32 Å². The van der Waals surface area contributed by atoms with Gasteiger partial charge in [-0.15, -0.1) is 0 Å². The Hall–Kier alpha value is -3.53. The average molecular weight is 436 g/mol. The van der Waals surface area contributed by atoms with Crippen LogP contribution < -0.4 is 20.8 Å². The molecule has 0 fully saturated rings. The van der Waals surface area contributed by atoms with Gasteiger partial charge in [-0.1, -0.05) is 41.9 Å². The molecule has 30 heavy (non-hydrogen) atoms. The zero-order valence-corrected chi connectivity index (χ0v) is 16.1. The van der Waals surface area contributed by atoms with Crippen molar-refractivity contribution in [2.24, 2.45) is 10.1 Å². The Labute approximate surface area is 175 Å². The second-order valence-corrected chi connectivity index (χ2v) is 6.41. The Morgan fingerprint density at radius 3 is 2.77 bits per heavy atom. The SMILES string of the molecule is O=C(CC1N=C(N/N=C/c2ccccc2Cl)NC1=O)Nc1ccccc1OC(F)F. The van der Waals surface area contributed by atoms with Crippen LogP contribution in [-0.4, -0.2) is 36.6 Å². The van der Waals surface area contributed by atoms with Crippen molar-refractivity contribution in [1.82, 2.24) is 10.7 Å².